The monoisotopic (exact) mass is 168 g/mol. The van der Waals surface area contributed by atoms with Crippen LogP contribution in [0.4, 0.5) is 0 Å². The van der Waals surface area contributed by atoms with E-state index < -0.39 is 11.2 Å². The summed E-state index contributed by atoms with van der Waals surface area (Å²) in [6.45, 7) is -0.140. The Morgan fingerprint density at radius 1 is 1.50 bits per heavy atom. The van der Waals surface area contributed by atoms with Gasteiger partial charge in [0.25, 0.3) is 5.56 Å². The zero-order valence-electron chi connectivity index (χ0n) is 6.20. The molecule has 0 aliphatic carbocycles. The van der Waals surface area contributed by atoms with Crippen LogP contribution in [0.1, 0.15) is 5.56 Å². The van der Waals surface area contributed by atoms with Crippen molar-refractivity contribution in [1.29, 1.82) is 0 Å². The summed E-state index contributed by atoms with van der Waals surface area (Å²) in [5.74, 6) is 0. The number of aliphatic hydroxyl groups is 1. The molecule has 0 amide bonds. The van der Waals surface area contributed by atoms with Crippen molar-refractivity contribution in [3.63, 3.8) is 0 Å². The van der Waals surface area contributed by atoms with E-state index in [9.17, 15) is 9.59 Å². The van der Waals surface area contributed by atoms with Crippen LogP contribution in [0.25, 0.3) is 6.08 Å². The third kappa shape index (κ3) is 1.93. The van der Waals surface area contributed by atoms with Crippen molar-refractivity contribution < 1.29 is 5.11 Å². The Morgan fingerprint density at radius 2 is 2.25 bits per heavy atom. The molecule has 0 aromatic carbocycles. The van der Waals surface area contributed by atoms with Crippen molar-refractivity contribution in [1.82, 2.24) is 9.97 Å². The Hall–Kier alpha value is -1.62. The summed E-state index contributed by atoms with van der Waals surface area (Å²) >= 11 is 0. The first-order chi connectivity index (χ1) is 5.74. The molecular formula is C7H8N2O3. The van der Waals surface area contributed by atoms with Crippen LogP contribution in [-0.4, -0.2) is 21.7 Å². The second-order valence-corrected chi connectivity index (χ2v) is 2.11. The number of H-pyrrole nitrogens is 2. The maximum absolute atomic E-state index is 10.9. The number of rotatable bonds is 2. The van der Waals surface area contributed by atoms with Gasteiger partial charge < -0.3 is 10.1 Å². The SMILES string of the molecule is O=c1[nH]cc(C=CCO)c(=O)[nH]1. The first-order valence-electron chi connectivity index (χ1n) is 3.33. The molecule has 1 aromatic rings. The van der Waals surface area contributed by atoms with E-state index in [1.54, 1.807) is 0 Å². The number of hydrogen-bond acceptors (Lipinski definition) is 3. The third-order valence-corrected chi connectivity index (χ3v) is 1.25. The number of aromatic nitrogens is 2. The second kappa shape index (κ2) is 3.68. The van der Waals surface area contributed by atoms with Gasteiger partial charge in [0.15, 0.2) is 0 Å². The van der Waals surface area contributed by atoms with E-state index in [0.717, 1.165) is 0 Å². The molecule has 0 aliphatic rings. The third-order valence-electron chi connectivity index (χ3n) is 1.25. The first-order valence-corrected chi connectivity index (χ1v) is 3.33. The summed E-state index contributed by atoms with van der Waals surface area (Å²) in [5, 5.41) is 8.40. The number of aliphatic hydroxyl groups excluding tert-OH is 1. The van der Waals surface area contributed by atoms with Gasteiger partial charge in [0.1, 0.15) is 0 Å². The lowest BCUT2D eigenvalue weighted by atomic mass is 10.3. The van der Waals surface area contributed by atoms with E-state index in [2.05, 4.69) is 4.98 Å². The molecule has 0 spiro atoms. The minimum absolute atomic E-state index is 0.140. The van der Waals surface area contributed by atoms with Gasteiger partial charge in [-0.2, -0.15) is 0 Å². The predicted molar refractivity (Wildman–Crippen MR) is 43.8 cm³/mol. The van der Waals surface area contributed by atoms with E-state index in [-0.39, 0.29) is 6.61 Å². The summed E-state index contributed by atoms with van der Waals surface area (Å²) in [4.78, 5) is 25.8. The zero-order chi connectivity index (χ0) is 8.97. The highest BCUT2D eigenvalue weighted by Gasteiger charge is 1.93. The van der Waals surface area contributed by atoms with Gasteiger partial charge in [0, 0.05) is 6.20 Å². The molecule has 0 atom stereocenters. The summed E-state index contributed by atoms with van der Waals surface area (Å²) < 4.78 is 0. The first kappa shape index (κ1) is 8.48. The Balaban J connectivity index is 3.11. The smallest absolute Gasteiger partial charge is 0.325 e. The molecule has 1 rings (SSSR count). The van der Waals surface area contributed by atoms with Crippen LogP contribution in [0.3, 0.4) is 0 Å². The molecular weight excluding hydrogens is 160 g/mol. The molecule has 1 heterocycles. The van der Waals surface area contributed by atoms with Crippen LogP contribution in [0.15, 0.2) is 21.9 Å². The van der Waals surface area contributed by atoms with Gasteiger partial charge in [0.05, 0.1) is 12.2 Å². The summed E-state index contributed by atoms with van der Waals surface area (Å²) in [6, 6.07) is 0. The number of aromatic amines is 2. The van der Waals surface area contributed by atoms with Gasteiger partial charge in [-0.15, -0.1) is 0 Å². The fraction of sp³-hybridized carbons (Fsp3) is 0.143. The molecule has 1 aromatic heterocycles. The van der Waals surface area contributed by atoms with Gasteiger partial charge in [-0.3, -0.25) is 9.78 Å². The van der Waals surface area contributed by atoms with Crippen molar-refractivity contribution in [2.24, 2.45) is 0 Å². The lowest BCUT2D eigenvalue weighted by Gasteiger charge is -1.88. The van der Waals surface area contributed by atoms with Gasteiger partial charge in [-0.25, -0.2) is 4.79 Å². The minimum atomic E-state index is -0.541. The molecule has 5 nitrogen and oxygen atoms in total. The van der Waals surface area contributed by atoms with Crippen LogP contribution in [-0.2, 0) is 0 Å². The van der Waals surface area contributed by atoms with Crippen LogP contribution < -0.4 is 11.2 Å². The lowest BCUT2D eigenvalue weighted by molar-refractivity contribution is 0.343. The Morgan fingerprint density at radius 3 is 2.83 bits per heavy atom. The number of hydrogen-bond donors (Lipinski definition) is 3. The highest BCUT2D eigenvalue weighted by molar-refractivity contribution is 5.45. The molecule has 5 heteroatoms. The summed E-state index contributed by atoms with van der Waals surface area (Å²) in [5.41, 5.74) is -0.701. The van der Waals surface area contributed by atoms with Crippen LogP contribution in [0, 0.1) is 0 Å². The van der Waals surface area contributed by atoms with Gasteiger partial charge in [0.2, 0.25) is 0 Å². The standard InChI is InChI=1S/C7H8N2O3/c10-3-1-2-5-4-8-7(12)9-6(5)11/h1-2,4,10H,3H2,(H2,8,9,11,12). The van der Waals surface area contributed by atoms with E-state index in [4.69, 9.17) is 5.11 Å². The van der Waals surface area contributed by atoms with Crippen LogP contribution in [0.2, 0.25) is 0 Å². The zero-order valence-corrected chi connectivity index (χ0v) is 6.20. The van der Waals surface area contributed by atoms with E-state index >= 15 is 0 Å². The van der Waals surface area contributed by atoms with Gasteiger partial charge in [-0.1, -0.05) is 6.08 Å². The molecule has 0 fully saturated rings. The number of nitrogens with one attached hydrogen (secondary N) is 2. The largest absolute Gasteiger partial charge is 0.392 e. The van der Waals surface area contributed by atoms with Crippen molar-refractivity contribution >= 4 is 6.08 Å². The molecule has 0 aliphatic heterocycles. The van der Waals surface area contributed by atoms with Crippen LogP contribution in [0.5, 0.6) is 0 Å². The molecule has 0 unspecified atom stereocenters. The normalized spacial score (nSPS) is 10.8. The van der Waals surface area contributed by atoms with Crippen LogP contribution >= 0.6 is 0 Å². The van der Waals surface area contributed by atoms with Crippen molar-refractivity contribution in [2.45, 2.75) is 0 Å². The van der Waals surface area contributed by atoms with Crippen molar-refractivity contribution in [3.05, 3.63) is 38.7 Å². The predicted octanol–water partition coefficient (Wildman–Crippen LogP) is -0.931. The van der Waals surface area contributed by atoms with Crippen molar-refractivity contribution in [2.75, 3.05) is 6.61 Å². The van der Waals surface area contributed by atoms with E-state index in [1.807, 2.05) is 4.98 Å². The lowest BCUT2D eigenvalue weighted by Crippen LogP contribution is -2.22. The second-order valence-electron chi connectivity index (χ2n) is 2.11. The minimum Gasteiger partial charge on any atom is -0.392 e. The average molecular weight is 168 g/mol. The Bertz CT molecular complexity index is 388. The highest BCUT2D eigenvalue weighted by atomic mass is 16.2. The summed E-state index contributed by atoms with van der Waals surface area (Å²) in [6.07, 6.45) is 4.12. The highest BCUT2D eigenvalue weighted by Crippen LogP contribution is 1.87. The quantitative estimate of drug-likeness (QED) is 0.533. The fourth-order valence-corrected chi connectivity index (χ4v) is 0.724. The molecule has 3 N–H and O–H groups in total. The Labute approximate surface area is 67.4 Å². The molecule has 64 valence electrons. The van der Waals surface area contributed by atoms with E-state index in [0.29, 0.717) is 5.56 Å². The summed E-state index contributed by atoms with van der Waals surface area (Å²) in [7, 11) is 0. The molecule has 0 saturated carbocycles. The van der Waals surface area contributed by atoms with Gasteiger partial charge >= 0.3 is 5.69 Å². The maximum Gasteiger partial charge on any atom is 0.325 e. The molecule has 0 bridgehead atoms. The molecule has 12 heavy (non-hydrogen) atoms. The maximum atomic E-state index is 10.9. The van der Waals surface area contributed by atoms with E-state index in [1.165, 1.54) is 18.3 Å². The Kier molecular flexibility index (Phi) is 2.60. The molecule has 0 radical (unpaired) electrons. The topological polar surface area (TPSA) is 85.9 Å². The van der Waals surface area contributed by atoms with Crippen molar-refractivity contribution in [3.8, 4) is 0 Å². The molecule has 0 saturated heterocycles. The van der Waals surface area contributed by atoms with Gasteiger partial charge in [-0.05, 0) is 6.08 Å². The fourth-order valence-electron chi connectivity index (χ4n) is 0.724. The average Bonchev–Trinajstić information content (AvgIpc) is 2.03.